The van der Waals surface area contributed by atoms with Crippen LogP contribution >= 0.6 is 8.25 Å². The van der Waals surface area contributed by atoms with E-state index < -0.39 is 37.9 Å². The topological polar surface area (TPSA) is 165 Å². The highest BCUT2D eigenvalue weighted by Gasteiger charge is 2.47. The second-order valence-electron chi connectivity index (χ2n) is 13.4. The summed E-state index contributed by atoms with van der Waals surface area (Å²) in [5, 5.41) is 2.64. The summed E-state index contributed by atoms with van der Waals surface area (Å²) >= 11 is 0. The Hall–Kier alpha value is -5.92. The SMILES string of the molecule is COc1ccc(C(OC[C@@H]2C[C@@H](O[P+](=O)Oc3ccccc3)[C@H](n3cnc4c(=O)[nH]c(NC(=O)C(C)C)nc43)O2)(c2ccccc2)c2ccc(OC)cc2)cc1. The highest BCUT2D eigenvalue weighted by molar-refractivity contribution is 7.33. The molecule has 1 amide bonds. The van der Waals surface area contributed by atoms with Crippen LogP contribution in [0.2, 0.25) is 0 Å². The number of carbonyl (C=O) groups is 1. The van der Waals surface area contributed by atoms with Crippen molar-refractivity contribution in [1.29, 1.82) is 0 Å². The molecular weight excluding hydrogens is 737 g/mol. The van der Waals surface area contributed by atoms with E-state index in [1.165, 1.54) is 10.9 Å². The quantitative estimate of drug-likeness (QED) is 0.0804. The molecular formula is C41H41N5O9P+. The van der Waals surface area contributed by atoms with Gasteiger partial charge in [0.1, 0.15) is 17.1 Å². The maximum Gasteiger partial charge on any atom is 0.750 e. The molecule has 1 saturated heterocycles. The summed E-state index contributed by atoms with van der Waals surface area (Å²) in [5.41, 5.74) is 0.959. The molecule has 1 aliphatic heterocycles. The largest absolute Gasteiger partial charge is 0.750 e. The molecule has 2 N–H and O–H groups in total. The number of nitrogens with one attached hydrogen (secondary N) is 2. The van der Waals surface area contributed by atoms with Crippen molar-refractivity contribution in [2.24, 2.45) is 5.92 Å². The van der Waals surface area contributed by atoms with Gasteiger partial charge in [0.25, 0.3) is 5.56 Å². The number of rotatable bonds is 15. The average Bonchev–Trinajstić information content (AvgIpc) is 3.83. The predicted octanol–water partition coefficient (Wildman–Crippen LogP) is 7.15. The van der Waals surface area contributed by atoms with Gasteiger partial charge in [0, 0.05) is 16.9 Å². The van der Waals surface area contributed by atoms with Crippen LogP contribution in [0.15, 0.2) is 120 Å². The summed E-state index contributed by atoms with van der Waals surface area (Å²) in [4.78, 5) is 37.0. The Bertz CT molecular complexity index is 2290. The third-order valence-corrected chi connectivity index (χ3v) is 10.2. The van der Waals surface area contributed by atoms with Crippen LogP contribution in [0.5, 0.6) is 17.2 Å². The number of benzene rings is 4. The molecule has 2 aromatic heterocycles. The number of H-pyrrole nitrogens is 1. The Labute approximate surface area is 323 Å². The molecule has 0 saturated carbocycles. The van der Waals surface area contributed by atoms with E-state index in [1.807, 2.05) is 84.9 Å². The first-order valence-corrected chi connectivity index (χ1v) is 19.1. The second kappa shape index (κ2) is 16.8. The van der Waals surface area contributed by atoms with Gasteiger partial charge in [-0.3, -0.25) is 24.5 Å². The van der Waals surface area contributed by atoms with Crippen LogP contribution in [0.1, 0.15) is 43.2 Å². The molecule has 4 aromatic carbocycles. The van der Waals surface area contributed by atoms with Gasteiger partial charge in [-0.05, 0) is 53.1 Å². The van der Waals surface area contributed by atoms with Gasteiger partial charge in [-0.2, -0.15) is 4.98 Å². The number of hydrogen-bond acceptors (Lipinski definition) is 11. The second-order valence-corrected chi connectivity index (χ2v) is 14.2. The van der Waals surface area contributed by atoms with Gasteiger partial charge in [-0.25, -0.2) is 9.51 Å². The molecule has 4 atom stereocenters. The summed E-state index contributed by atoms with van der Waals surface area (Å²) in [6.07, 6.45) is -0.887. The lowest BCUT2D eigenvalue weighted by Crippen LogP contribution is -2.35. The molecule has 0 aliphatic carbocycles. The number of para-hydroxylation sites is 1. The fraction of sp³-hybridized carbons (Fsp3) is 0.268. The minimum absolute atomic E-state index is 0.0154. The fourth-order valence-electron chi connectivity index (χ4n) is 6.59. The number of amides is 1. The van der Waals surface area contributed by atoms with Crippen molar-refractivity contribution in [3.63, 3.8) is 0 Å². The molecule has 15 heteroatoms. The molecule has 0 spiro atoms. The van der Waals surface area contributed by atoms with Gasteiger partial charge in [-0.1, -0.05) is 86.6 Å². The number of hydrogen-bond donors (Lipinski definition) is 2. The summed E-state index contributed by atoms with van der Waals surface area (Å²) in [6, 6.07) is 33.9. The minimum Gasteiger partial charge on any atom is -0.497 e. The number of nitrogens with zero attached hydrogens (tertiary/aromatic N) is 3. The summed E-state index contributed by atoms with van der Waals surface area (Å²) in [6.45, 7) is 3.48. The van der Waals surface area contributed by atoms with E-state index in [0.717, 1.165) is 16.7 Å². The maximum atomic E-state index is 13.4. The van der Waals surface area contributed by atoms with Gasteiger partial charge >= 0.3 is 8.25 Å². The number of anilines is 1. The first-order chi connectivity index (χ1) is 27.2. The van der Waals surface area contributed by atoms with Crippen LogP contribution in [-0.2, 0) is 29.0 Å². The predicted molar refractivity (Wildman–Crippen MR) is 208 cm³/mol. The number of carbonyl (C=O) groups excluding carboxylic acids is 1. The zero-order chi connectivity index (χ0) is 39.2. The van der Waals surface area contributed by atoms with E-state index in [1.54, 1.807) is 52.3 Å². The summed E-state index contributed by atoms with van der Waals surface area (Å²) in [5.74, 6) is 0.986. The van der Waals surface area contributed by atoms with Crippen molar-refractivity contribution in [3.8, 4) is 17.2 Å². The molecule has 1 unspecified atom stereocenters. The van der Waals surface area contributed by atoms with E-state index in [0.29, 0.717) is 17.2 Å². The standard InChI is InChI=1S/C41H40N5O9P/c1-26(2)37(47)44-40-43-36-35(38(48)45-40)42-25-46(36)39-34(55-56(49)54-32-13-9-6-10-14-32)23-33(53-39)24-52-41(27-11-7-5-8-12-27,28-15-19-30(50-3)20-16-28)29-17-21-31(51-4)22-18-29/h5-22,25-26,33-34,39H,23-24H2,1-4H3,(H-,43,44,45,47,48)/p+1/t33-,34+,39+/m0/s1. The first kappa shape index (κ1) is 38.4. The Balaban J connectivity index is 1.26. The maximum absolute atomic E-state index is 13.4. The minimum atomic E-state index is -2.69. The van der Waals surface area contributed by atoms with Crippen LogP contribution in [0.4, 0.5) is 5.95 Å². The van der Waals surface area contributed by atoms with E-state index in [9.17, 15) is 14.2 Å². The van der Waals surface area contributed by atoms with Crippen molar-refractivity contribution in [2.45, 2.75) is 44.3 Å². The number of aromatic amines is 1. The third-order valence-electron chi connectivity index (χ3n) is 9.42. The van der Waals surface area contributed by atoms with E-state index in [-0.39, 0.29) is 42.0 Å². The van der Waals surface area contributed by atoms with Crippen molar-refractivity contribution in [3.05, 3.63) is 143 Å². The van der Waals surface area contributed by atoms with Crippen LogP contribution in [-0.4, -0.2) is 58.5 Å². The summed E-state index contributed by atoms with van der Waals surface area (Å²) in [7, 11) is 0.539. The van der Waals surface area contributed by atoms with Gasteiger partial charge < -0.3 is 18.9 Å². The molecule has 0 bridgehead atoms. The van der Waals surface area contributed by atoms with E-state index in [4.69, 9.17) is 28.0 Å². The van der Waals surface area contributed by atoms with E-state index in [2.05, 4.69) is 20.3 Å². The Morgan fingerprint density at radius 3 is 2.07 bits per heavy atom. The van der Waals surface area contributed by atoms with E-state index >= 15 is 0 Å². The van der Waals surface area contributed by atoms with Gasteiger partial charge in [0.2, 0.25) is 11.9 Å². The lowest BCUT2D eigenvalue weighted by atomic mass is 9.80. The fourth-order valence-corrected chi connectivity index (χ4v) is 7.34. The highest BCUT2D eigenvalue weighted by atomic mass is 31.1. The lowest BCUT2D eigenvalue weighted by molar-refractivity contribution is -0.118. The van der Waals surface area contributed by atoms with Crippen LogP contribution in [0.25, 0.3) is 11.2 Å². The van der Waals surface area contributed by atoms with Crippen LogP contribution in [0.3, 0.4) is 0 Å². The van der Waals surface area contributed by atoms with Gasteiger partial charge in [0.05, 0.1) is 33.3 Å². The highest BCUT2D eigenvalue weighted by Crippen LogP contribution is 2.44. The molecule has 6 aromatic rings. The molecule has 7 rings (SSSR count). The van der Waals surface area contributed by atoms with Crippen molar-refractivity contribution in [2.75, 3.05) is 26.1 Å². The van der Waals surface area contributed by atoms with Crippen molar-refractivity contribution >= 4 is 31.3 Å². The Morgan fingerprint density at radius 2 is 1.48 bits per heavy atom. The molecule has 0 radical (unpaired) electrons. The molecule has 1 aliphatic rings. The Morgan fingerprint density at radius 1 is 0.893 bits per heavy atom. The van der Waals surface area contributed by atoms with Crippen molar-refractivity contribution < 1.29 is 37.4 Å². The molecule has 288 valence electrons. The number of fused-ring (bicyclic) bond motifs is 1. The molecule has 14 nitrogen and oxygen atoms in total. The summed E-state index contributed by atoms with van der Waals surface area (Å²) < 4.78 is 51.4. The van der Waals surface area contributed by atoms with Gasteiger partial charge in [0.15, 0.2) is 29.2 Å². The molecule has 3 heterocycles. The van der Waals surface area contributed by atoms with Gasteiger partial charge in [-0.15, -0.1) is 4.52 Å². The number of methoxy groups -OCH3 is 2. The third kappa shape index (κ3) is 8.05. The smallest absolute Gasteiger partial charge is 0.497 e. The number of ether oxygens (including phenoxy) is 4. The number of aromatic nitrogens is 4. The first-order valence-electron chi connectivity index (χ1n) is 18.0. The Kier molecular flexibility index (Phi) is 11.5. The number of imidazole rings is 1. The lowest BCUT2D eigenvalue weighted by Gasteiger charge is -2.37. The monoisotopic (exact) mass is 778 g/mol. The normalized spacial score (nSPS) is 17.2. The zero-order valence-corrected chi connectivity index (χ0v) is 32.1. The average molecular weight is 779 g/mol. The van der Waals surface area contributed by atoms with Crippen LogP contribution in [0, 0.1) is 5.92 Å². The van der Waals surface area contributed by atoms with Crippen molar-refractivity contribution in [1.82, 2.24) is 19.5 Å². The molecule has 1 fully saturated rings. The van der Waals surface area contributed by atoms with Crippen LogP contribution < -0.4 is 24.9 Å². The molecule has 56 heavy (non-hydrogen) atoms. The zero-order valence-electron chi connectivity index (χ0n) is 31.2.